The van der Waals surface area contributed by atoms with E-state index in [2.05, 4.69) is 28.4 Å². The molecular weight excluding hydrogens is 214 g/mol. The van der Waals surface area contributed by atoms with Gasteiger partial charge < -0.3 is 15.1 Å². The molecule has 1 heterocycles. The lowest BCUT2D eigenvalue weighted by molar-refractivity contribution is 0.195. The van der Waals surface area contributed by atoms with Gasteiger partial charge in [-0.2, -0.15) is 0 Å². The monoisotopic (exact) mass is 232 g/mol. The van der Waals surface area contributed by atoms with Gasteiger partial charge >= 0.3 is 6.03 Å². The van der Waals surface area contributed by atoms with Gasteiger partial charge in [-0.25, -0.2) is 4.79 Å². The number of benzene rings is 1. The molecular formula is C13H18N3O. The van der Waals surface area contributed by atoms with E-state index in [0.717, 1.165) is 26.2 Å². The van der Waals surface area contributed by atoms with Crippen molar-refractivity contribution in [2.45, 2.75) is 6.92 Å². The number of amides is 2. The minimum Gasteiger partial charge on any atom is -0.368 e. The molecule has 0 aliphatic carbocycles. The van der Waals surface area contributed by atoms with Crippen LogP contribution in [0.3, 0.4) is 0 Å². The smallest absolute Gasteiger partial charge is 0.317 e. The van der Waals surface area contributed by atoms with Gasteiger partial charge in [0.05, 0.1) is 0 Å². The largest absolute Gasteiger partial charge is 0.368 e. The van der Waals surface area contributed by atoms with E-state index in [1.807, 2.05) is 24.0 Å². The van der Waals surface area contributed by atoms with Crippen LogP contribution >= 0.6 is 0 Å². The maximum absolute atomic E-state index is 11.6. The van der Waals surface area contributed by atoms with E-state index in [0.29, 0.717) is 6.54 Å². The van der Waals surface area contributed by atoms with Crippen molar-refractivity contribution in [2.24, 2.45) is 0 Å². The van der Waals surface area contributed by atoms with E-state index < -0.39 is 0 Å². The fourth-order valence-corrected chi connectivity index (χ4v) is 2.02. The van der Waals surface area contributed by atoms with Gasteiger partial charge in [0, 0.05) is 38.4 Å². The minimum absolute atomic E-state index is 0.0496. The number of nitrogens with one attached hydrogen (secondary N) is 1. The van der Waals surface area contributed by atoms with Gasteiger partial charge in [0.1, 0.15) is 0 Å². The Labute approximate surface area is 102 Å². The molecule has 17 heavy (non-hydrogen) atoms. The zero-order chi connectivity index (χ0) is 12.1. The van der Waals surface area contributed by atoms with Crippen molar-refractivity contribution in [1.29, 1.82) is 0 Å². The molecule has 0 aromatic heterocycles. The maximum Gasteiger partial charge on any atom is 0.317 e. The highest BCUT2D eigenvalue weighted by Gasteiger charge is 2.20. The Morgan fingerprint density at radius 2 is 1.94 bits per heavy atom. The number of carbonyl (C=O) groups is 1. The van der Waals surface area contributed by atoms with Crippen LogP contribution in [0.4, 0.5) is 10.5 Å². The average Bonchev–Trinajstić information content (AvgIpc) is 2.40. The second-order valence-corrected chi connectivity index (χ2v) is 4.07. The van der Waals surface area contributed by atoms with Crippen LogP contribution in [0.5, 0.6) is 0 Å². The van der Waals surface area contributed by atoms with Gasteiger partial charge in [-0.05, 0) is 25.1 Å². The summed E-state index contributed by atoms with van der Waals surface area (Å²) in [4.78, 5) is 15.8. The number of nitrogens with zero attached hydrogens (tertiary/aromatic N) is 2. The maximum atomic E-state index is 11.6. The van der Waals surface area contributed by atoms with E-state index in [1.165, 1.54) is 5.69 Å². The van der Waals surface area contributed by atoms with Gasteiger partial charge in [0.15, 0.2) is 0 Å². The normalized spacial score (nSPS) is 15.8. The Balaban J connectivity index is 1.88. The predicted octanol–water partition coefficient (Wildman–Crippen LogP) is 1.34. The molecule has 0 saturated carbocycles. The van der Waals surface area contributed by atoms with E-state index >= 15 is 0 Å². The molecule has 4 nitrogen and oxygen atoms in total. The first-order valence-electron chi connectivity index (χ1n) is 6.05. The Morgan fingerprint density at radius 1 is 1.29 bits per heavy atom. The van der Waals surface area contributed by atoms with Crippen LogP contribution < -0.4 is 10.2 Å². The second-order valence-electron chi connectivity index (χ2n) is 4.07. The van der Waals surface area contributed by atoms with Crippen LogP contribution in [0, 0.1) is 6.07 Å². The first-order valence-corrected chi connectivity index (χ1v) is 6.05. The molecule has 1 aromatic rings. The SMILES string of the molecule is CCNC(=O)N1CCN(c2cc[c]cc2)CC1. The lowest BCUT2D eigenvalue weighted by Crippen LogP contribution is -2.51. The van der Waals surface area contributed by atoms with Crippen molar-refractivity contribution in [2.75, 3.05) is 37.6 Å². The second kappa shape index (κ2) is 5.57. The number of carbonyl (C=O) groups excluding carboxylic acids is 1. The van der Waals surface area contributed by atoms with E-state index in [4.69, 9.17) is 0 Å². The Morgan fingerprint density at radius 3 is 2.53 bits per heavy atom. The molecule has 1 aliphatic heterocycles. The standard InChI is InChI=1S/C13H18N3O/c1-2-14-13(17)16-10-8-15(9-11-16)12-6-4-3-5-7-12/h4-7H,2,8-11H2,1H3,(H,14,17). The van der Waals surface area contributed by atoms with Crippen LogP contribution in [0.1, 0.15) is 6.92 Å². The summed E-state index contributed by atoms with van der Waals surface area (Å²) in [6.07, 6.45) is 0. The van der Waals surface area contributed by atoms with Crippen LogP contribution in [0.15, 0.2) is 24.3 Å². The quantitative estimate of drug-likeness (QED) is 0.835. The Bertz CT molecular complexity index is 358. The van der Waals surface area contributed by atoms with Crippen molar-refractivity contribution in [3.63, 3.8) is 0 Å². The number of anilines is 1. The summed E-state index contributed by atoms with van der Waals surface area (Å²) in [6, 6.07) is 11.0. The molecule has 1 aromatic carbocycles. The molecule has 1 radical (unpaired) electrons. The third-order valence-corrected chi connectivity index (χ3v) is 2.96. The van der Waals surface area contributed by atoms with Crippen molar-refractivity contribution in [3.8, 4) is 0 Å². The minimum atomic E-state index is 0.0496. The van der Waals surface area contributed by atoms with Crippen molar-refractivity contribution in [1.82, 2.24) is 10.2 Å². The lowest BCUT2D eigenvalue weighted by Gasteiger charge is -2.36. The fourth-order valence-electron chi connectivity index (χ4n) is 2.02. The van der Waals surface area contributed by atoms with Gasteiger partial charge in [0.2, 0.25) is 0 Å². The summed E-state index contributed by atoms with van der Waals surface area (Å²) < 4.78 is 0. The number of urea groups is 1. The zero-order valence-electron chi connectivity index (χ0n) is 10.1. The fraction of sp³-hybridized carbons (Fsp3) is 0.462. The molecule has 1 fully saturated rings. The molecule has 2 amide bonds. The van der Waals surface area contributed by atoms with Crippen molar-refractivity contribution >= 4 is 11.7 Å². The van der Waals surface area contributed by atoms with E-state index in [1.54, 1.807) is 0 Å². The summed E-state index contributed by atoms with van der Waals surface area (Å²) in [5, 5.41) is 2.83. The Kier molecular flexibility index (Phi) is 3.85. The number of hydrogen-bond acceptors (Lipinski definition) is 2. The highest BCUT2D eigenvalue weighted by atomic mass is 16.2. The molecule has 0 unspecified atom stereocenters. The highest BCUT2D eigenvalue weighted by molar-refractivity contribution is 5.74. The van der Waals surface area contributed by atoms with Crippen molar-refractivity contribution in [3.05, 3.63) is 30.3 Å². The summed E-state index contributed by atoms with van der Waals surface area (Å²) in [5.41, 5.74) is 1.21. The first-order chi connectivity index (χ1) is 8.31. The average molecular weight is 232 g/mol. The molecule has 4 heteroatoms. The third-order valence-electron chi connectivity index (χ3n) is 2.96. The van der Waals surface area contributed by atoms with E-state index in [9.17, 15) is 4.79 Å². The highest BCUT2D eigenvalue weighted by Crippen LogP contribution is 2.15. The zero-order valence-corrected chi connectivity index (χ0v) is 10.1. The summed E-state index contributed by atoms with van der Waals surface area (Å²) in [6.45, 7) is 5.97. The first kappa shape index (κ1) is 11.8. The molecule has 1 N–H and O–H groups in total. The topological polar surface area (TPSA) is 35.6 Å². The van der Waals surface area contributed by atoms with Gasteiger partial charge in [-0.3, -0.25) is 0 Å². The molecule has 0 spiro atoms. The number of hydrogen-bond donors (Lipinski definition) is 1. The van der Waals surface area contributed by atoms with Gasteiger partial charge in [0.25, 0.3) is 0 Å². The molecule has 1 saturated heterocycles. The van der Waals surface area contributed by atoms with Gasteiger partial charge in [-0.1, -0.05) is 12.1 Å². The lowest BCUT2D eigenvalue weighted by atomic mass is 10.2. The molecule has 1 aliphatic rings. The van der Waals surface area contributed by atoms with Crippen LogP contribution in [-0.4, -0.2) is 43.7 Å². The van der Waals surface area contributed by atoms with Gasteiger partial charge in [-0.15, -0.1) is 0 Å². The molecule has 2 rings (SSSR count). The van der Waals surface area contributed by atoms with Crippen molar-refractivity contribution < 1.29 is 4.79 Å². The number of piperazine rings is 1. The van der Waals surface area contributed by atoms with Crippen LogP contribution in [-0.2, 0) is 0 Å². The third kappa shape index (κ3) is 2.90. The molecule has 91 valence electrons. The van der Waals surface area contributed by atoms with Crippen LogP contribution in [0.2, 0.25) is 0 Å². The predicted molar refractivity (Wildman–Crippen MR) is 68.1 cm³/mol. The molecule has 0 bridgehead atoms. The van der Waals surface area contributed by atoms with Crippen LogP contribution in [0.25, 0.3) is 0 Å². The summed E-state index contributed by atoms with van der Waals surface area (Å²) in [5.74, 6) is 0. The summed E-state index contributed by atoms with van der Waals surface area (Å²) in [7, 11) is 0. The number of rotatable bonds is 2. The Hall–Kier alpha value is -1.71. The summed E-state index contributed by atoms with van der Waals surface area (Å²) >= 11 is 0. The molecule has 0 atom stereocenters. The van der Waals surface area contributed by atoms with E-state index in [-0.39, 0.29) is 6.03 Å².